The summed E-state index contributed by atoms with van der Waals surface area (Å²) in [7, 11) is 2.01. The third-order valence-corrected chi connectivity index (χ3v) is 1.55. The van der Waals surface area contributed by atoms with Crippen molar-refractivity contribution in [2.45, 2.75) is 46.5 Å². The molecular weight excluding hydrogens is 162 g/mol. The number of aldehydes is 1. The first-order chi connectivity index (χ1) is 6.18. The van der Waals surface area contributed by atoms with Gasteiger partial charge in [-0.1, -0.05) is 40.0 Å². The number of rotatable bonds is 6. The second-order valence-corrected chi connectivity index (χ2v) is 3.54. The first-order valence-corrected chi connectivity index (χ1v) is 5.28. The molecule has 0 unspecified atom stereocenters. The van der Waals surface area contributed by atoms with Gasteiger partial charge in [-0.15, -0.1) is 0 Å². The summed E-state index contributed by atoms with van der Waals surface area (Å²) in [5.41, 5.74) is 0. The molecule has 0 bridgehead atoms. The summed E-state index contributed by atoms with van der Waals surface area (Å²) >= 11 is 0. The molecule has 0 rings (SSSR count). The second kappa shape index (κ2) is 14.2. The molecule has 0 saturated heterocycles. The third kappa shape index (κ3) is 24.5. The summed E-state index contributed by atoms with van der Waals surface area (Å²) in [5.74, 6) is 0.204. The highest BCUT2D eigenvalue weighted by Crippen LogP contribution is 1.96. The molecule has 80 valence electrons. The zero-order chi connectivity index (χ0) is 10.5. The summed E-state index contributed by atoms with van der Waals surface area (Å²) < 4.78 is 0. The van der Waals surface area contributed by atoms with Gasteiger partial charge in [-0.3, -0.25) is 0 Å². The van der Waals surface area contributed by atoms with Crippen molar-refractivity contribution in [3.8, 4) is 0 Å². The van der Waals surface area contributed by atoms with Gasteiger partial charge < -0.3 is 10.1 Å². The Labute approximate surface area is 83.1 Å². The van der Waals surface area contributed by atoms with Gasteiger partial charge in [0.15, 0.2) is 0 Å². The fourth-order valence-corrected chi connectivity index (χ4v) is 0.729. The number of hydrogen-bond acceptors (Lipinski definition) is 2. The van der Waals surface area contributed by atoms with Gasteiger partial charge in [-0.05, 0) is 20.0 Å². The van der Waals surface area contributed by atoms with Crippen molar-refractivity contribution in [3.05, 3.63) is 0 Å². The SMILES string of the molecule is CC(C)C=O.CCCCCCNC. The molecule has 0 aliphatic rings. The van der Waals surface area contributed by atoms with Gasteiger partial charge in [0.05, 0.1) is 0 Å². The minimum Gasteiger partial charge on any atom is -0.320 e. The largest absolute Gasteiger partial charge is 0.320 e. The quantitative estimate of drug-likeness (QED) is 0.511. The van der Waals surface area contributed by atoms with Crippen LogP contribution in [0.25, 0.3) is 0 Å². The summed E-state index contributed by atoms with van der Waals surface area (Å²) in [6.45, 7) is 7.12. The number of unbranched alkanes of at least 4 members (excludes halogenated alkanes) is 3. The van der Waals surface area contributed by atoms with Crippen LogP contribution in [0, 0.1) is 5.92 Å². The smallest absolute Gasteiger partial charge is 0.122 e. The van der Waals surface area contributed by atoms with Crippen LogP contribution in [0.3, 0.4) is 0 Å². The van der Waals surface area contributed by atoms with E-state index in [1.807, 2.05) is 20.9 Å². The molecule has 0 atom stereocenters. The molecule has 2 nitrogen and oxygen atoms in total. The fraction of sp³-hybridized carbons (Fsp3) is 0.909. The van der Waals surface area contributed by atoms with Crippen molar-refractivity contribution in [3.63, 3.8) is 0 Å². The zero-order valence-electron chi connectivity index (χ0n) is 9.60. The van der Waals surface area contributed by atoms with E-state index >= 15 is 0 Å². The molecule has 2 heteroatoms. The Hall–Kier alpha value is -0.370. The minimum absolute atomic E-state index is 0.204. The van der Waals surface area contributed by atoms with E-state index in [0.717, 1.165) is 6.29 Å². The Morgan fingerprint density at radius 1 is 1.23 bits per heavy atom. The number of nitrogens with one attached hydrogen (secondary N) is 1. The molecule has 0 spiro atoms. The molecule has 0 heterocycles. The van der Waals surface area contributed by atoms with Crippen LogP contribution in [0.2, 0.25) is 0 Å². The third-order valence-electron chi connectivity index (χ3n) is 1.55. The lowest BCUT2D eigenvalue weighted by atomic mass is 10.2. The molecule has 0 aliphatic heterocycles. The van der Waals surface area contributed by atoms with E-state index in [4.69, 9.17) is 0 Å². The van der Waals surface area contributed by atoms with Crippen LogP contribution < -0.4 is 5.32 Å². The van der Waals surface area contributed by atoms with E-state index in [1.54, 1.807) is 0 Å². The first kappa shape index (κ1) is 15.1. The Morgan fingerprint density at radius 2 is 1.77 bits per heavy atom. The minimum atomic E-state index is 0.204. The molecule has 0 aliphatic carbocycles. The molecule has 0 radical (unpaired) electrons. The van der Waals surface area contributed by atoms with Crippen molar-refractivity contribution in [1.29, 1.82) is 0 Å². The van der Waals surface area contributed by atoms with Gasteiger partial charge in [-0.25, -0.2) is 0 Å². The van der Waals surface area contributed by atoms with E-state index in [2.05, 4.69) is 12.2 Å². The molecule has 13 heavy (non-hydrogen) atoms. The predicted molar refractivity (Wildman–Crippen MR) is 59.0 cm³/mol. The molecule has 0 amide bonds. The number of carbonyl (C=O) groups excluding carboxylic acids is 1. The Morgan fingerprint density at radius 3 is 2.08 bits per heavy atom. The van der Waals surface area contributed by atoms with Gasteiger partial charge in [0.25, 0.3) is 0 Å². The maximum Gasteiger partial charge on any atom is 0.122 e. The van der Waals surface area contributed by atoms with Crippen LogP contribution in [0.1, 0.15) is 46.5 Å². The van der Waals surface area contributed by atoms with Crippen molar-refractivity contribution in [1.82, 2.24) is 5.32 Å². The number of hydrogen-bond donors (Lipinski definition) is 1. The van der Waals surface area contributed by atoms with Gasteiger partial charge >= 0.3 is 0 Å². The lowest BCUT2D eigenvalue weighted by molar-refractivity contribution is -0.110. The highest BCUT2D eigenvalue weighted by Gasteiger charge is 1.82. The fourth-order valence-electron chi connectivity index (χ4n) is 0.729. The molecule has 0 aromatic carbocycles. The highest BCUT2D eigenvalue weighted by molar-refractivity contribution is 5.51. The van der Waals surface area contributed by atoms with Crippen molar-refractivity contribution >= 4 is 6.29 Å². The van der Waals surface area contributed by atoms with E-state index in [1.165, 1.54) is 32.2 Å². The highest BCUT2D eigenvalue weighted by atomic mass is 16.1. The maximum absolute atomic E-state index is 9.50. The molecule has 0 saturated carbocycles. The van der Waals surface area contributed by atoms with E-state index in [0.29, 0.717) is 0 Å². The molecule has 0 aromatic heterocycles. The predicted octanol–water partition coefficient (Wildman–Crippen LogP) is 2.63. The lowest BCUT2D eigenvalue weighted by Crippen LogP contribution is -2.06. The maximum atomic E-state index is 9.50. The normalized spacial score (nSPS) is 9.31. The second-order valence-electron chi connectivity index (χ2n) is 3.54. The van der Waals surface area contributed by atoms with Crippen LogP contribution in [0.15, 0.2) is 0 Å². The monoisotopic (exact) mass is 187 g/mol. The van der Waals surface area contributed by atoms with Gasteiger partial charge in [0, 0.05) is 5.92 Å². The van der Waals surface area contributed by atoms with Gasteiger partial charge in [-0.2, -0.15) is 0 Å². The summed E-state index contributed by atoms with van der Waals surface area (Å²) in [6, 6.07) is 0. The Balaban J connectivity index is 0. The Bertz CT molecular complexity index is 86.1. The average Bonchev–Trinajstić information content (AvgIpc) is 2.14. The number of carbonyl (C=O) groups is 1. The van der Waals surface area contributed by atoms with Crippen LogP contribution >= 0.6 is 0 Å². The molecule has 0 fully saturated rings. The molecular formula is C11H25NO. The standard InChI is InChI=1S/C7H17N.C4H8O/c1-3-4-5-6-7-8-2;1-4(2)3-5/h8H,3-7H2,1-2H3;3-4H,1-2H3. The molecule has 1 N–H and O–H groups in total. The topological polar surface area (TPSA) is 29.1 Å². The summed E-state index contributed by atoms with van der Waals surface area (Å²) in [4.78, 5) is 9.50. The van der Waals surface area contributed by atoms with Crippen LogP contribution in [0.4, 0.5) is 0 Å². The van der Waals surface area contributed by atoms with Crippen molar-refractivity contribution < 1.29 is 4.79 Å². The summed E-state index contributed by atoms with van der Waals surface area (Å²) in [5, 5.41) is 3.13. The Kier molecular flexibility index (Phi) is 16.5. The van der Waals surface area contributed by atoms with Crippen molar-refractivity contribution in [2.24, 2.45) is 5.92 Å². The first-order valence-electron chi connectivity index (χ1n) is 5.28. The van der Waals surface area contributed by atoms with Crippen LogP contribution in [-0.2, 0) is 4.79 Å². The van der Waals surface area contributed by atoms with Crippen LogP contribution in [0.5, 0.6) is 0 Å². The van der Waals surface area contributed by atoms with E-state index < -0.39 is 0 Å². The average molecular weight is 187 g/mol. The van der Waals surface area contributed by atoms with Gasteiger partial charge in [0.2, 0.25) is 0 Å². The molecule has 0 aromatic rings. The van der Waals surface area contributed by atoms with E-state index in [-0.39, 0.29) is 5.92 Å². The lowest BCUT2D eigenvalue weighted by Gasteiger charge is -1.95. The van der Waals surface area contributed by atoms with E-state index in [9.17, 15) is 4.79 Å². The van der Waals surface area contributed by atoms with Crippen molar-refractivity contribution in [2.75, 3.05) is 13.6 Å². The summed E-state index contributed by atoms with van der Waals surface area (Å²) in [6.07, 6.45) is 6.37. The zero-order valence-corrected chi connectivity index (χ0v) is 9.60. The van der Waals surface area contributed by atoms with Crippen LogP contribution in [-0.4, -0.2) is 19.9 Å². The van der Waals surface area contributed by atoms with Gasteiger partial charge in [0.1, 0.15) is 6.29 Å².